The molecule has 40 heavy (non-hydrogen) atoms. The van der Waals surface area contributed by atoms with E-state index in [0.29, 0.717) is 5.69 Å². The zero-order valence-corrected chi connectivity index (χ0v) is 22.8. The van der Waals surface area contributed by atoms with E-state index in [2.05, 4.69) is 20.5 Å². The van der Waals surface area contributed by atoms with Crippen LogP contribution < -0.4 is 15.8 Å². The maximum atomic E-state index is 13.5. The number of benzene rings is 1. The van der Waals surface area contributed by atoms with Gasteiger partial charge < -0.3 is 20.9 Å². The minimum Gasteiger partial charge on any atom is -0.474 e. The molecule has 1 spiro atoms. The quantitative estimate of drug-likeness (QED) is 0.309. The highest BCUT2D eigenvalue weighted by molar-refractivity contribution is 6.06. The van der Waals surface area contributed by atoms with Gasteiger partial charge in [-0.1, -0.05) is 6.07 Å². The summed E-state index contributed by atoms with van der Waals surface area (Å²) in [5, 5.41) is 23.2. The topological polar surface area (TPSA) is 150 Å². The molecule has 4 N–H and O–H groups in total. The molecule has 0 bridgehead atoms. The number of rotatable bonds is 8. The van der Waals surface area contributed by atoms with E-state index in [0.717, 1.165) is 47.7 Å². The highest BCUT2D eigenvalue weighted by Crippen LogP contribution is 2.56. The third-order valence-electron chi connectivity index (χ3n) is 7.87. The number of carbonyl (C=O) groups excluding carboxylic acids is 2. The van der Waals surface area contributed by atoms with Crippen LogP contribution in [0.4, 0.5) is 0 Å². The molecule has 2 fully saturated rings. The number of carbonyl (C=O) groups is 2. The summed E-state index contributed by atoms with van der Waals surface area (Å²) in [7, 11) is 1.86. The van der Waals surface area contributed by atoms with Gasteiger partial charge in [-0.25, -0.2) is 4.98 Å². The van der Waals surface area contributed by atoms with Crippen LogP contribution in [0.1, 0.15) is 60.4 Å². The number of nitrogens with one attached hydrogen (secondary N) is 1. The largest absolute Gasteiger partial charge is 0.474 e. The third-order valence-corrected chi connectivity index (χ3v) is 7.87. The first-order chi connectivity index (χ1) is 19.0. The van der Waals surface area contributed by atoms with Crippen molar-refractivity contribution in [2.24, 2.45) is 18.2 Å². The number of primary amides is 1. The van der Waals surface area contributed by atoms with E-state index >= 15 is 0 Å². The fourth-order valence-electron chi connectivity index (χ4n) is 6.08. The van der Waals surface area contributed by atoms with Gasteiger partial charge in [-0.2, -0.15) is 10.2 Å². The first-order valence-corrected chi connectivity index (χ1v) is 13.4. The summed E-state index contributed by atoms with van der Waals surface area (Å²) in [6.07, 6.45) is 8.65. The zero-order valence-electron chi connectivity index (χ0n) is 22.8. The Hall–Kier alpha value is -4.25. The van der Waals surface area contributed by atoms with Gasteiger partial charge in [0, 0.05) is 36.4 Å². The van der Waals surface area contributed by atoms with E-state index in [-0.39, 0.29) is 41.5 Å². The van der Waals surface area contributed by atoms with Crippen LogP contribution in [0.3, 0.4) is 0 Å². The third kappa shape index (κ3) is 4.92. The van der Waals surface area contributed by atoms with E-state index in [1.54, 1.807) is 47.7 Å². The Morgan fingerprint density at radius 1 is 1.20 bits per heavy atom. The van der Waals surface area contributed by atoms with Crippen LogP contribution in [0, 0.1) is 5.41 Å². The van der Waals surface area contributed by atoms with Gasteiger partial charge in [0.05, 0.1) is 23.9 Å². The van der Waals surface area contributed by atoms with E-state index < -0.39 is 11.5 Å². The summed E-state index contributed by atoms with van der Waals surface area (Å²) in [5.41, 5.74) is 7.86. The fraction of sp³-hybridized carbons (Fsp3) is 0.414. The molecule has 11 heteroatoms. The maximum Gasteiger partial charge on any atom is 0.272 e. The molecule has 2 aliphatic carbocycles. The Kier molecular flexibility index (Phi) is 6.14. The van der Waals surface area contributed by atoms with Gasteiger partial charge in [0.15, 0.2) is 5.69 Å². The molecule has 1 aromatic carbocycles. The number of fused-ring (bicyclic) bond motifs is 1. The molecule has 3 heterocycles. The number of ether oxygens (including phenoxy) is 1. The van der Waals surface area contributed by atoms with Crippen molar-refractivity contribution >= 4 is 22.7 Å². The van der Waals surface area contributed by atoms with Crippen LogP contribution in [0.5, 0.6) is 5.88 Å². The summed E-state index contributed by atoms with van der Waals surface area (Å²) >= 11 is 0. The van der Waals surface area contributed by atoms with E-state index in [9.17, 15) is 14.7 Å². The monoisotopic (exact) mass is 543 g/mol. The van der Waals surface area contributed by atoms with Crippen molar-refractivity contribution in [3.63, 3.8) is 0 Å². The molecule has 2 amide bonds. The predicted molar refractivity (Wildman–Crippen MR) is 148 cm³/mol. The molecule has 2 aliphatic rings. The van der Waals surface area contributed by atoms with Crippen molar-refractivity contribution in [3.8, 4) is 17.0 Å². The van der Waals surface area contributed by atoms with Gasteiger partial charge in [-0.3, -0.25) is 19.0 Å². The number of nitrogens with zero attached hydrogens (tertiary/aromatic N) is 5. The van der Waals surface area contributed by atoms with Crippen LogP contribution in [-0.2, 0) is 13.6 Å². The minimum absolute atomic E-state index is 0.0305. The van der Waals surface area contributed by atoms with Crippen molar-refractivity contribution in [1.29, 1.82) is 0 Å². The van der Waals surface area contributed by atoms with Crippen molar-refractivity contribution in [2.75, 3.05) is 0 Å². The summed E-state index contributed by atoms with van der Waals surface area (Å²) < 4.78 is 9.40. The smallest absolute Gasteiger partial charge is 0.272 e. The second kappa shape index (κ2) is 9.44. The first kappa shape index (κ1) is 26.0. The molecule has 4 aromatic rings. The fourth-order valence-corrected chi connectivity index (χ4v) is 6.08. The highest BCUT2D eigenvalue weighted by atomic mass is 16.5. The summed E-state index contributed by atoms with van der Waals surface area (Å²) in [6.45, 7) is 3.69. The molecular formula is C29H33N7O4. The van der Waals surface area contributed by atoms with Crippen molar-refractivity contribution in [1.82, 2.24) is 29.9 Å². The number of hydrogen-bond acceptors (Lipinski definition) is 7. The molecule has 11 nitrogen and oxygen atoms in total. The zero-order chi connectivity index (χ0) is 28.2. The van der Waals surface area contributed by atoms with Gasteiger partial charge in [-0.05, 0) is 74.8 Å². The Labute approximate surface area is 231 Å². The lowest BCUT2D eigenvalue weighted by Crippen LogP contribution is -2.58. The minimum atomic E-state index is -0.995. The highest BCUT2D eigenvalue weighted by Gasteiger charge is 2.54. The number of amides is 2. The average molecular weight is 544 g/mol. The molecule has 0 unspecified atom stereocenters. The molecule has 3 aromatic heterocycles. The summed E-state index contributed by atoms with van der Waals surface area (Å²) in [4.78, 5) is 29.3. The Morgan fingerprint density at radius 2 is 1.98 bits per heavy atom. The number of aromatic nitrogens is 5. The van der Waals surface area contributed by atoms with Crippen LogP contribution in [0.2, 0.25) is 0 Å². The van der Waals surface area contributed by atoms with Crippen molar-refractivity contribution < 1.29 is 19.4 Å². The Bertz CT molecular complexity index is 1600. The van der Waals surface area contributed by atoms with Gasteiger partial charge in [0.1, 0.15) is 11.7 Å². The predicted octanol–water partition coefficient (Wildman–Crippen LogP) is 2.82. The number of aliphatic hydroxyl groups is 1. The first-order valence-electron chi connectivity index (χ1n) is 13.4. The van der Waals surface area contributed by atoms with Crippen molar-refractivity contribution in [3.05, 3.63) is 60.2 Å². The number of hydrogen-bond donors (Lipinski definition) is 3. The number of nitrogens with two attached hydrogens (primary N) is 1. The van der Waals surface area contributed by atoms with E-state index in [1.807, 2.05) is 31.4 Å². The molecule has 0 radical (unpaired) electrons. The normalized spacial score (nSPS) is 22.1. The number of pyridine rings is 1. The van der Waals surface area contributed by atoms with Gasteiger partial charge in [0.25, 0.3) is 11.8 Å². The Morgan fingerprint density at radius 3 is 2.65 bits per heavy atom. The van der Waals surface area contributed by atoms with E-state index in [1.165, 1.54) is 0 Å². The molecule has 6 rings (SSSR count). The molecule has 0 atom stereocenters. The average Bonchev–Trinajstić information content (AvgIpc) is 3.43. The molecule has 0 saturated heterocycles. The summed E-state index contributed by atoms with van der Waals surface area (Å²) in [5.74, 6) is -0.513. The van der Waals surface area contributed by atoms with Crippen LogP contribution in [-0.4, -0.2) is 59.2 Å². The van der Waals surface area contributed by atoms with Gasteiger partial charge >= 0.3 is 0 Å². The van der Waals surface area contributed by atoms with Crippen LogP contribution >= 0.6 is 0 Å². The molecule has 0 aliphatic heterocycles. The lowest BCUT2D eigenvalue weighted by Gasteiger charge is -2.57. The van der Waals surface area contributed by atoms with Gasteiger partial charge in [-0.15, -0.1) is 0 Å². The SMILES string of the molecule is Cn1cc(-c2ccc3c(c2)c(C(=O)N[C@H]2CC4(C2)C[C@H](Oc2ncccc2C(N)=O)C4)nn3CC(C)(C)O)cn1. The van der Waals surface area contributed by atoms with Crippen LogP contribution in [0.25, 0.3) is 22.0 Å². The second-order valence-corrected chi connectivity index (χ2v) is 11.9. The summed E-state index contributed by atoms with van der Waals surface area (Å²) in [6, 6.07) is 9.19. The lowest BCUT2D eigenvalue weighted by molar-refractivity contribution is -0.0848. The molecule has 2 saturated carbocycles. The standard InChI is InChI=1S/C29H33N7O4/c1-28(2,39)16-36-23-7-6-17(18-14-32-35(3)15-18)9-22(23)24(34-36)26(38)33-19-10-29(11-19)12-20(13-29)40-27-21(25(30)37)5-4-8-31-27/h4-9,14-15,19-20,39H,10-13,16H2,1-3H3,(H2,30,37)(H,33,38)/t19-,20-,29?. The second-order valence-electron chi connectivity index (χ2n) is 11.9. The van der Waals surface area contributed by atoms with Crippen molar-refractivity contribution in [2.45, 2.75) is 63.8 Å². The number of aryl methyl sites for hydroxylation is 1. The lowest BCUT2D eigenvalue weighted by atomic mass is 9.53. The van der Waals surface area contributed by atoms with E-state index in [4.69, 9.17) is 10.5 Å². The van der Waals surface area contributed by atoms with Crippen LogP contribution in [0.15, 0.2) is 48.9 Å². The Balaban J connectivity index is 1.14. The van der Waals surface area contributed by atoms with Gasteiger partial charge in [0.2, 0.25) is 5.88 Å². The molecule has 208 valence electrons. The molecular weight excluding hydrogens is 510 g/mol. The maximum absolute atomic E-state index is 13.5.